The molecular formula is C9H18O. The molecule has 1 heteroatoms. The van der Waals surface area contributed by atoms with Crippen LogP contribution in [-0.4, -0.2) is 13.2 Å². The van der Waals surface area contributed by atoms with Crippen LogP contribution in [0, 0.1) is 5.92 Å². The zero-order chi connectivity index (χ0) is 7.82. The number of ether oxygens (including phenoxy) is 1. The van der Waals surface area contributed by atoms with Gasteiger partial charge in [0.1, 0.15) is 0 Å². The first-order valence-corrected chi connectivity index (χ1v) is 4.05. The molecule has 0 fully saturated rings. The van der Waals surface area contributed by atoms with E-state index in [4.69, 9.17) is 4.74 Å². The number of allylic oxidation sites excluding steroid dienone is 1. The minimum atomic E-state index is 0.616. The van der Waals surface area contributed by atoms with Crippen LogP contribution in [0.15, 0.2) is 12.2 Å². The van der Waals surface area contributed by atoms with E-state index in [0.717, 1.165) is 13.2 Å². The molecule has 1 nitrogen and oxygen atoms in total. The van der Waals surface area contributed by atoms with Crippen molar-refractivity contribution < 1.29 is 4.74 Å². The molecule has 60 valence electrons. The molecule has 0 radical (unpaired) electrons. The second kappa shape index (κ2) is 6.81. The molecule has 0 spiro atoms. The predicted octanol–water partition coefficient (Wildman–Crippen LogP) is 2.63. The van der Waals surface area contributed by atoms with Crippen molar-refractivity contribution >= 4 is 0 Å². The number of hydrogen-bond donors (Lipinski definition) is 0. The summed E-state index contributed by atoms with van der Waals surface area (Å²) in [5.74, 6) is 0.616. The third kappa shape index (κ3) is 4.57. The second-order valence-corrected chi connectivity index (χ2v) is 2.35. The fourth-order valence-corrected chi connectivity index (χ4v) is 0.851. The van der Waals surface area contributed by atoms with Crippen molar-refractivity contribution in [3.63, 3.8) is 0 Å². The molecule has 0 saturated carbocycles. The average molecular weight is 142 g/mol. The van der Waals surface area contributed by atoms with E-state index in [2.05, 4.69) is 26.0 Å². The van der Waals surface area contributed by atoms with Crippen LogP contribution in [0.2, 0.25) is 0 Å². The number of hydrogen-bond acceptors (Lipinski definition) is 1. The van der Waals surface area contributed by atoms with Crippen LogP contribution in [0.25, 0.3) is 0 Å². The van der Waals surface area contributed by atoms with Gasteiger partial charge in [-0.25, -0.2) is 0 Å². The van der Waals surface area contributed by atoms with E-state index in [9.17, 15) is 0 Å². The molecule has 1 unspecified atom stereocenters. The highest BCUT2D eigenvalue weighted by molar-refractivity contribution is 4.84. The topological polar surface area (TPSA) is 9.23 Å². The summed E-state index contributed by atoms with van der Waals surface area (Å²) in [5, 5.41) is 0. The van der Waals surface area contributed by atoms with Gasteiger partial charge in [0.15, 0.2) is 0 Å². The van der Waals surface area contributed by atoms with Gasteiger partial charge in [-0.2, -0.15) is 0 Å². The molecule has 0 aromatic carbocycles. The van der Waals surface area contributed by atoms with E-state index in [-0.39, 0.29) is 0 Å². The molecule has 0 aromatic heterocycles. The maximum atomic E-state index is 5.29. The molecule has 0 aliphatic heterocycles. The minimum absolute atomic E-state index is 0.616. The highest BCUT2D eigenvalue weighted by Gasteiger charge is 1.98. The monoisotopic (exact) mass is 142 g/mol. The van der Waals surface area contributed by atoms with E-state index in [1.165, 1.54) is 6.42 Å². The van der Waals surface area contributed by atoms with Gasteiger partial charge < -0.3 is 4.74 Å². The van der Waals surface area contributed by atoms with Crippen LogP contribution in [-0.2, 0) is 4.74 Å². The van der Waals surface area contributed by atoms with E-state index in [1.54, 1.807) is 0 Å². The Labute approximate surface area is 64.1 Å². The van der Waals surface area contributed by atoms with E-state index < -0.39 is 0 Å². The number of rotatable bonds is 5. The van der Waals surface area contributed by atoms with Crippen molar-refractivity contribution in [2.75, 3.05) is 13.2 Å². The Bertz CT molecular complexity index is 86.7. The first-order chi connectivity index (χ1) is 4.85. The van der Waals surface area contributed by atoms with Crippen molar-refractivity contribution in [2.45, 2.75) is 27.2 Å². The highest BCUT2D eigenvalue weighted by atomic mass is 16.5. The minimum Gasteiger partial charge on any atom is -0.381 e. The fourth-order valence-electron chi connectivity index (χ4n) is 0.851. The Hall–Kier alpha value is -0.300. The first-order valence-electron chi connectivity index (χ1n) is 4.05. The van der Waals surface area contributed by atoms with Crippen LogP contribution in [0.3, 0.4) is 0 Å². The van der Waals surface area contributed by atoms with Crippen molar-refractivity contribution in [3.05, 3.63) is 12.2 Å². The van der Waals surface area contributed by atoms with E-state index >= 15 is 0 Å². The smallest absolute Gasteiger partial charge is 0.0528 e. The standard InChI is InChI=1S/C9H18O/c1-4-7-9(5-2)8-10-6-3/h4,7,9H,5-6,8H2,1-3H3/b7-4+. The Morgan fingerprint density at radius 1 is 1.40 bits per heavy atom. The summed E-state index contributed by atoms with van der Waals surface area (Å²) in [7, 11) is 0. The van der Waals surface area contributed by atoms with Crippen molar-refractivity contribution in [1.29, 1.82) is 0 Å². The molecule has 0 saturated heterocycles. The lowest BCUT2D eigenvalue weighted by molar-refractivity contribution is 0.123. The molecular weight excluding hydrogens is 124 g/mol. The highest BCUT2D eigenvalue weighted by Crippen LogP contribution is 2.04. The van der Waals surface area contributed by atoms with Crippen molar-refractivity contribution in [3.8, 4) is 0 Å². The summed E-state index contributed by atoms with van der Waals surface area (Å²) in [5.41, 5.74) is 0. The van der Waals surface area contributed by atoms with Gasteiger partial charge in [0.2, 0.25) is 0 Å². The molecule has 0 aliphatic rings. The Kier molecular flexibility index (Phi) is 6.61. The molecule has 0 rings (SSSR count). The zero-order valence-electron chi connectivity index (χ0n) is 7.26. The first kappa shape index (κ1) is 9.70. The van der Waals surface area contributed by atoms with Gasteiger partial charge in [0.05, 0.1) is 6.61 Å². The quantitative estimate of drug-likeness (QED) is 0.536. The summed E-state index contributed by atoms with van der Waals surface area (Å²) in [6.45, 7) is 7.96. The van der Waals surface area contributed by atoms with Gasteiger partial charge in [0, 0.05) is 6.61 Å². The largest absolute Gasteiger partial charge is 0.381 e. The summed E-state index contributed by atoms with van der Waals surface area (Å²) >= 11 is 0. The summed E-state index contributed by atoms with van der Waals surface area (Å²) in [6, 6.07) is 0. The van der Waals surface area contributed by atoms with Crippen LogP contribution in [0.1, 0.15) is 27.2 Å². The van der Waals surface area contributed by atoms with Crippen LogP contribution in [0.4, 0.5) is 0 Å². The molecule has 0 amide bonds. The van der Waals surface area contributed by atoms with Crippen molar-refractivity contribution in [1.82, 2.24) is 0 Å². The molecule has 0 aromatic rings. The SMILES string of the molecule is C/C=C/C(CC)COCC. The van der Waals surface area contributed by atoms with Gasteiger partial charge in [0.25, 0.3) is 0 Å². The third-order valence-corrected chi connectivity index (χ3v) is 1.53. The lowest BCUT2D eigenvalue weighted by Crippen LogP contribution is -2.05. The fraction of sp³-hybridized carbons (Fsp3) is 0.778. The molecule has 0 bridgehead atoms. The van der Waals surface area contributed by atoms with Gasteiger partial charge in [-0.3, -0.25) is 0 Å². The lowest BCUT2D eigenvalue weighted by atomic mass is 10.1. The molecule has 1 atom stereocenters. The van der Waals surface area contributed by atoms with Crippen LogP contribution in [0.5, 0.6) is 0 Å². The van der Waals surface area contributed by atoms with Gasteiger partial charge in [-0.1, -0.05) is 19.1 Å². The maximum Gasteiger partial charge on any atom is 0.0528 e. The Balaban J connectivity index is 3.39. The molecule has 0 N–H and O–H groups in total. The lowest BCUT2D eigenvalue weighted by Gasteiger charge is -2.08. The predicted molar refractivity (Wildman–Crippen MR) is 45.1 cm³/mol. The average Bonchev–Trinajstić information content (AvgIpc) is 1.98. The van der Waals surface area contributed by atoms with Crippen LogP contribution >= 0.6 is 0 Å². The second-order valence-electron chi connectivity index (χ2n) is 2.35. The van der Waals surface area contributed by atoms with E-state index in [0.29, 0.717) is 5.92 Å². The normalized spacial score (nSPS) is 14.3. The molecule has 10 heavy (non-hydrogen) atoms. The third-order valence-electron chi connectivity index (χ3n) is 1.53. The summed E-state index contributed by atoms with van der Waals surface area (Å²) in [4.78, 5) is 0. The Morgan fingerprint density at radius 2 is 2.10 bits per heavy atom. The zero-order valence-corrected chi connectivity index (χ0v) is 7.26. The summed E-state index contributed by atoms with van der Waals surface area (Å²) < 4.78 is 5.29. The maximum absolute atomic E-state index is 5.29. The van der Waals surface area contributed by atoms with Crippen molar-refractivity contribution in [2.24, 2.45) is 5.92 Å². The Morgan fingerprint density at radius 3 is 2.50 bits per heavy atom. The molecule has 0 aliphatic carbocycles. The van der Waals surface area contributed by atoms with Gasteiger partial charge in [-0.05, 0) is 26.2 Å². The van der Waals surface area contributed by atoms with E-state index in [1.807, 2.05) is 6.92 Å². The summed E-state index contributed by atoms with van der Waals surface area (Å²) in [6.07, 6.45) is 5.47. The van der Waals surface area contributed by atoms with Gasteiger partial charge >= 0.3 is 0 Å². The van der Waals surface area contributed by atoms with Crippen LogP contribution < -0.4 is 0 Å². The van der Waals surface area contributed by atoms with Gasteiger partial charge in [-0.15, -0.1) is 0 Å². The molecule has 0 heterocycles.